The van der Waals surface area contributed by atoms with Crippen LogP contribution in [-0.2, 0) is 24.1 Å². The van der Waals surface area contributed by atoms with Crippen molar-refractivity contribution in [3.8, 4) is 11.1 Å². The van der Waals surface area contributed by atoms with Gasteiger partial charge in [0.2, 0.25) is 0 Å². The average Bonchev–Trinajstić information content (AvgIpc) is 2.79. The first kappa shape index (κ1) is 24.3. The van der Waals surface area contributed by atoms with Crippen LogP contribution < -0.4 is 5.73 Å². The van der Waals surface area contributed by atoms with Crippen LogP contribution in [-0.4, -0.2) is 23.4 Å². The molecule has 0 spiro atoms. The fraction of sp³-hybridized carbons (Fsp3) is 0.286. The predicted molar refractivity (Wildman–Crippen MR) is 129 cm³/mol. The summed E-state index contributed by atoms with van der Waals surface area (Å²) in [5.74, 6) is -1.38. The molecule has 3 aromatic rings. The Hall–Kier alpha value is -3.31. The fourth-order valence-electron chi connectivity index (χ4n) is 4.62. The number of benzene rings is 3. The van der Waals surface area contributed by atoms with E-state index in [2.05, 4.69) is 0 Å². The lowest BCUT2D eigenvalue weighted by atomic mass is 9.81. The van der Waals surface area contributed by atoms with Gasteiger partial charge in [0.25, 0.3) is 0 Å². The molecule has 3 rings (SSSR count). The highest BCUT2D eigenvalue weighted by Gasteiger charge is 2.21. The number of rotatable bonds is 10. The molecular formula is C28H30FNO3. The van der Waals surface area contributed by atoms with Gasteiger partial charge in [-0.3, -0.25) is 9.59 Å². The molecule has 0 saturated carbocycles. The summed E-state index contributed by atoms with van der Waals surface area (Å²) in [4.78, 5) is 24.2. The number of hydrogen-bond acceptors (Lipinski definition) is 3. The third kappa shape index (κ3) is 5.74. The van der Waals surface area contributed by atoms with Crippen LogP contribution in [0.5, 0.6) is 0 Å². The largest absolute Gasteiger partial charge is 0.481 e. The molecular weight excluding hydrogens is 417 g/mol. The van der Waals surface area contributed by atoms with E-state index in [9.17, 15) is 19.1 Å². The Morgan fingerprint density at radius 1 is 0.909 bits per heavy atom. The van der Waals surface area contributed by atoms with Gasteiger partial charge < -0.3 is 10.8 Å². The van der Waals surface area contributed by atoms with Gasteiger partial charge in [-0.1, -0.05) is 42.5 Å². The topological polar surface area (TPSA) is 80.4 Å². The molecule has 0 amide bonds. The van der Waals surface area contributed by atoms with Crippen LogP contribution in [0, 0.1) is 19.7 Å². The van der Waals surface area contributed by atoms with Gasteiger partial charge in [-0.25, -0.2) is 4.39 Å². The monoisotopic (exact) mass is 447 g/mol. The smallest absolute Gasteiger partial charge is 0.307 e. The Morgan fingerprint density at radius 2 is 1.61 bits per heavy atom. The van der Waals surface area contributed by atoms with Crippen molar-refractivity contribution in [3.63, 3.8) is 0 Å². The molecule has 172 valence electrons. The van der Waals surface area contributed by atoms with Crippen LogP contribution in [0.1, 0.15) is 51.0 Å². The maximum absolute atomic E-state index is 13.5. The first-order valence-corrected chi connectivity index (χ1v) is 11.2. The first-order chi connectivity index (χ1) is 15.8. The van der Waals surface area contributed by atoms with Gasteiger partial charge in [-0.15, -0.1) is 0 Å². The number of carbonyl (C=O) groups excluding carboxylic acids is 1. The quantitative estimate of drug-likeness (QED) is 0.405. The van der Waals surface area contributed by atoms with E-state index in [0.29, 0.717) is 37.8 Å². The Labute approximate surface area is 194 Å². The molecule has 0 radical (unpaired) electrons. The van der Waals surface area contributed by atoms with Crippen molar-refractivity contribution >= 4 is 11.8 Å². The molecule has 3 aromatic carbocycles. The Balaban J connectivity index is 2.00. The lowest BCUT2D eigenvalue weighted by molar-refractivity contribution is -0.136. The minimum absolute atomic E-state index is 0.0627. The van der Waals surface area contributed by atoms with Gasteiger partial charge in [-0.2, -0.15) is 0 Å². The van der Waals surface area contributed by atoms with Gasteiger partial charge >= 0.3 is 5.97 Å². The number of carboxylic acids is 1. The summed E-state index contributed by atoms with van der Waals surface area (Å²) in [5, 5.41) is 9.59. The third-order valence-electron chi connectivity index (χ3n) is 6.16. The van der Waals surface area contributed by atoms with Gasteiger partial charge in [0.1, 0.15) is 5.82 Å². The molecule has 0 bridgehead atoms. The van der Waals surface area contributed by atoms with Crippen molar-refractivity contribution in [2.75, 3.05) is 6.54 Å². The van der Waals surface area contributed by atoms with Crippen LogP contribution in [0.15, 0.2) is 54.6 Å². The SMILES string of the molecule is Cc1c(CCN)c(CCCC(=O)c2cccc(F)c2)c(C)c(-c2ccccc2)c1CC(=O)O. The Bertz CT molecular complexity index is 1160. The van der Waals surface area contributed by atoms with Crippen molar-refractivity contribution in [2.24, 2.45) is 5.73 Å². The van der Waals surface area contributed by atoms with Crippen LogP contribution in [0.4, 0.5) is 4.39 Å². The highest BCUT2D eigenvalue weighted by Crippen LogP contribution is 2.36. The van der Waals surface area contributed by atoms with Crippen LogP contribution in [0.3, 0.4) is 0 Å². The summed E-state index contributed by atoms with van der Waals surface area (Å²) < 4.78 is 13.5. The molecule has 5 heteroatoms. The van der Waals surface area contributed by atoms with Crippen molar-refractivity contribution in [1.82, 2.24) is 0 Å². The lowest BCUT2D eigenvalue weighted by Crippen LogP contribution is -2.14. The molecule has 0 atom stereocenters. The zero-order chi connectivity index (χ0) is 24.0. The molecule has 4 nitrogen and oxygen atoms in total. The minimum Gasteiger partial charge on any atom is -0.481 e. The number of nitrogens with two attached hydrogens (primary N) is 1. The van der Waals surface area contributed by atoms with E-state index in [1.807, 2.05) is 44.2 Å². The van der Waals surface area contributed by atoms with E-state index in [1.165, 1.54) is 12.1 Å². The summed E-state index contributed by atoms with van der Waals surface area (Å²) in [5.41, 5.74) is 13.2. The average molecular weight is 448 g/mol. The number of Topliss-reactive ketones (excluding diaryl/α,β-unsaturated/α-hetero) is 1. The lowest BCUT2D eigenvalue weighted by Gasteiger charge is -2.24. The van der Waals surface area contributed by atoms with Crippen LogP contribution >= 0.6 is 0 Å². The normalized spacial score (nSPS) is 10.9. The zero-order valence-electron chi connectivity index (χ0n) is 19.2. The molecule has 33 heavy (non-hydrogen) atoms. The van der Waals surface area contributed by atoms with Gasteiger partial charge in [0.05, 0.1) is 6.42 Å². The number of carbonyl (C=O) groups is 2. The van der Waals surface area contributed by atoms with Gasteiger partial charge in [0.15, 0.2) is 5.78 Å². The number of ketones is 1. The maximum atomic E-state index is 13.5. The van der Waals surface area contributed by atoms with Crippen molar-refractivity contribution < 1.29 is 19.1 Å². The van der Waals surface area contributed by atoms with E-state index in [1.54, 1.807) is 12.1 Å². The van der Waals surface area contributed by atoms with Crippen molar-refractivity contribution in [1.29, 1.82) is 0 Å². The maximum Gasteiger partial charge on any atom is 0.307 e. The zero-order valence-corrected chi connectivity index (χ0v) is 19.2. The molecule has 0 heterocycles. The molecule has 0 fully saturated rings. The van der Waals surface area contributed by atoms with E-state index < -0.39 is 11.8 Å². The molecule has 0 saturated heterocycles. The number of aliphatic carboxylic acids is 1. The van der Waals surface area contributed by atoms with E-state index in [0.717, 1.165) is 38.9 Å². The van der Waals surface area contributed by atoms with Gasteiger partial charge in [0, 0.05) is 12.0 Å². The van der Waals surface area contributed by atoms with Gasteiger partial charge in [-0.05, 0) is 90.7 Å². The molecule has 0 unspecified atom stereocenters. The second-order valence-corrected chi connectivity index (χ2v) is 8.32. The summed E-state index contributed by atoms with van der Waals surface area (Å²) in [7, 11) is 0. The Morgan fingerprint density at radius 3 is 2.24 bits per heavy atom. The van der Waals surface area contributed by atoms with Crippen molar-refractivity contribution in [3.05, 3.63) is 93.8 Å². The summed E-state index contributed by atoms with van der Waals surface area (Å²) in [6.45, 7) is 4.44. The fourth-order valence-corrected chi connectivity index (χ4v) is 4.62. The second-order valence-electron chi connectivity index (χ2n) is 8.32. The highest BCUT2D eigenvalue weighted by atomic mass is 19.1. The molecule has 0 aromatic heterocycles. The molecule has 0 aliphatic heterocycles. The third-order valence-corrected chi connectivity index (χ3v) is 6.16. The molecule has 3 N–H and O–H groups in total. The van der Waals surface area contributed by atoms with E-state index in [4.69, 9.17) is 5.73 Å². The molecule has 0 aliphatic carbocycles. The molecule has 0 aliphatic rings. The highest BCUT2D eigenvalue weighted by molar-refractivity contribution is 5.96. The second kappa shape index (κ2) is 11.0. The van der Waals surface area contributed by atoms with E-state index in [-0.39, 0.29) is 12.2 Å². The first-order valence-electron chi connectivity index (χ1n) is 11.2. The van der Waals surface area contributed by atoms with Crippen molar-refractivity contribution in [2.45, 2.75) is 46.0 Å². The predicted octanol–water partition coefficient (Wildman–Crippen LogP) is 5.44. The summed E-state index contributed by atoms with van der Waals surface area (Å²) >= 11 is 0. The number of hydrogen-bond donors (Lipinski definition) is 2. The Kier molecular flexibility index (Phi) is 8.12. The standard InChI is InChI=1S/C28H30FNO3/c1-18-24(14-15-30)23(12-7-13-26(31)21-10-6-11-22(29)16-21)19(2)28(25(18)17-27(32)33)20-8-4-3-5-9-20/h3-6,8-11,16H,7,12-15,17,30H2,1-2H3,(H,32,33). The number of carboxylic acid groups (broad SMARTS) is 1. The van der Waals surface area contributed by atoms with Crippen LogP contribution in [0.25, 0.3) is 11.1 Å². The van der Waals surface area contributed by atoms with Crippen LogP contribution in [0.2, 0.25) is 0 Å². The minimum atomic E-state index is -0.873. The summed E-state index contributed by atoms with van der Waals surface area (Å²) in [6, 6.07) is 15.6. The number of halogens is 1. The van der Waals surface area contributed by atoms with E-state index >= 15 is 0 Å². The summed E-state index contributed by atoms with van der Waals surface area (Å²) in [6.07, 6.45) is 2.16.